The number of rotatable bonds is 3. The molecule has 0 bridgehead atoms. The summed E-state index contributed by atoms with van der Waals surface area (Å²) in [5, 5.41) is 9.51. The molecule has 2 aliphatic rings. The first-order valence-electron chi connectivity index (χ1n) is 8.72. The molecular formula is C20H18N2O4S. The predicted octanol–water partition coefficient (Wildman–Crippen LogP) is 3.23. The maximum Gasteiger partial charge on any atom is 0.259 e. The molecule has 4 rings (SSSR count). The highest BCUT2D eigenvalue weighted by molar-refractivity contribution is 7.92. The van der Waals surface area contributed by atoms with E-state index in [1.54, 1.807) is 24.3 Å². The Hall–Kier alpha value is -2.85. The van der Waals surface area contributed by atoms with Crippen LogP contribution >= 0.6 is 0 Å². The molecule has 1 aliphatic carbocycles. The van der Waals surface area contributed by atoms with E-state index in [1.165, 1.54) is 24.1 Å². The molecule has 138 valence electrons. The summed E-state index contributed by atoms with van der Waals surface area (Å²) >= 11 is 0. The molecule has 1 fully saturated rings. The molecule has 1 aliphatic heterocycles. The van der Waals surface area contributed by atoms with Crippen LogP contribution in [0.25, 0.3) is 0 Å². The number of carbonyl (C=O) groups is 1. The van der Waals surface area contributed by atoms with Gasteiger partial charge in [-0.3, -0.25) is 9.69 Å². The highest BCUT2D eigenvalue weighted by Crippen LogP contribution is 2.43. The van der Waals surface area contributed by atoms with Crippen LogP contribution in [0.5, 0.6) is 5.75 Å². The van der Waals surface area contributed by atoms with Gasteiger partial charge in [-0.15, -0.1) is 0 Å². The zero-order chi connectivity index (χ0) is 19.2. The largest absolute Gasteiger partial charge is 0.495 e. The molecule has 2 aromatic rings. The molecule has 0 aromatic heterocycles. The monoisotopic (exact) mass is 382 g/mol. The third-order valence-corrected chi connectivity index (χ3v) is 6.88. The molecule has 0 unspecified atom stereocenters. The van der Waals surface area contributed by atoms with Crippen LogP contribution in [-0.4, -0.2) is 27.3 Å². The molecule has 1 amide bonds. The maximum atomic E-state index is 13.2. The summed E-state index contributed by atoms with van der Waals surface area (Å²) in [7, 11) is -2.02. The molecule has 1 saturated carbocycles. The Kier molecular flexibility index (Phi) is 4.16. The number of para-hydroxylation sites is 1. The zero-order valence-corrected chi connectivity index (χ0v) is 15.6. The van der Waals surface area contributed by atoms with Crippen LogP contribution in [-0.2, 0) is 9.84 Å². The van der Waals surface area contributed by atoms with Crippen LogP contribution in [0.4, 0.5) is 5.69 Å². The first-order valence-corrected chi connectivity index (χ1v) is 10.4. The molecule has 0 N–H and O–H groups in total. The standard InChI is InChI=1S/C20H18N2O4S/c1-26-19-15(11-21)9-14(10-16(19)13-5-4-6-13)20(23)22-12-27(24,25)18-8-3-2-7-17(18)22/h2-3,7-10,13H,4-6,12H2,1H3. The maximum absolute atomic E-state index is 13.2. The number of benzene rings is 2. The van der Waals surface area contributed by atoms with Crippen molar-refractivity contribution in [2.24, 2.45) is 0 Å². The van der Waals surface area contributed by atoms with E-state index in [1.807, 2.05) is 0 Å². The predicted molar refractivity (Wildman–Crippen MR) is 99.6 cm³/mol. The molecule has 0 saturated heterocycles. The van der Waals surface area contributed by atoms with E-state index in [2.05, 4.69) is 6.07 Å². The number of fused-ring (bicyclic) bond motifs is 1. The number of carbonyl (C=O) groups excluding carboxylic acids is 1. The number of nitrogens with zero attached hydrogens (tertiary/aromatic N) is 2. The Morgan fingerprint density at radius 2 is 2.00 bits per heavy atom. The Morgan fingerprint density at radius 3 is 2.63 bits per heavy atom. The quantitative estimate of drug-likeness (QED) is 0.813. The van der Waals surface area contributed by atoms with Crippen molar-refractivity contribution in [3.8, 4) is 11.8 Å². The number of ether oxygens (including phenoxy) is 1. The second kappa shape index (κ2) is 6.39. The van der Waals surface area contributed by atoms with E-state index < -0.39 is 21.6 Å². The summed E-state index contributed by atoms with van der Waals surface area (Å²) in [6.45, 7) is 0. The van der Waals surface area contributed by atoms with Crippen molar-refractivity contribution >= 4 is 21.4 Å². The Labute approximate surface area is 157 Å². The second-order valence-corrected chi connectivity index (χ2v) is 8.76. The van der Waals surface area contributed by atoms with Crippen LogP contribution in [0.3, 0.4) is 0 Å². The van der Waals surface area contributed by atoms with Gasteiger partial charge < -0.3 is 4.74 Å². The molecule has 1 heterocycles. The van der Waals surface area contributed by atoms with Crippen molar-refractivity contribution in [2.45, 2.75) is 30.1 Å². The summed E-state index contributed by atoms with van der Waals surface area (Å²) in [4.78, 5) is 14.6. The van der Waals surface area contributed by atoms with Gasteiger partial charge >= 0.3 is 0 Å². The van der Waals surface area contributed by atoms with E-state index in [4.69, 9.17) is 4.74 Å². The summed E-state index contributed by atoms with van der Waals surface area (Å²) < 4.78 is 30.2. The minimum Gasteiger partial charge on any atom is -0.495 e. The highest BCUT2D eigenvalue weighted by Gasteiger charge is 2.37. The zero-order valence-electron chi connectivity index (χ0n) is 14.8. The second-order valence-electron chi connectivity index (χ2n) is 6.83. The molecule has 6 nitrogen and oxygen atoms in total. The number of sulfone groups is 1. The van der Waals surface area contributed by atoms with Gasteiger partial charge in [0.2, 0.25) is 0 Å². The third kappa shape index (κ3) is 2.77. The SMILES string of the molecule is COc1c(C#N)cc(C(=O)N2CS(=O)(=O)c3ccccc32)cc1C1CCC1. The number of nitriles is 1. The fraction of sp³-hybridized carbons (Fsp3) is 0.300. The average molecular weight is 382 g/mol. The minimum atomic E-state index is -3.54. The normalized spacial score (nSPS) is 17.7. The number of amides is 1. The lowest BCUT2D eigenvalue weighted by molar-refractivity contribution is 0.0991. The van der Waals surface area contributed by atoms with Crippen molar-refractivity contribution in [3.63, 3.8) is 0 Å². The molecule has 7 heteroatoms. The van der Waals surface area contributed by atoms with Gasteiger partial charge in [0.25, 0.3) is 5.91 Å². The van der Waals surface area contributed by atoms with Gasteiger partial charge in [0, 0.05) is 5.56 Å². The van der Waals surface area contributed by atoms with Gasteiger partial charge in [-0.1, -0.05) is 18.6 Å². The highest BCUT2D eigenvalue weighted by atomic mass is 32.2. The molecule has 0 spiro atoms. The van der Waals surface area contributed by atoms with E-state index >= 15 is 0 Å². The first kappa shape index (κ1) is 17.6. The lowest BCUT2D eigenvalue weighted by Gasteiger charge is -2.28. The van der Waals surface area contributed by atoms with Gasteiger partial charge in [0.05, 0.1) is 23.3 Å². The van der Waals surface area contributed by atoms with Crippen molar-refractivity contribution in [2.75, 3.05) is 17.9 Å². The lowest BCUT2D eigenvalue weighted by atomic mass is 9.78. The lowest BCUT2D eigenvalue weighted by Crippen LogP contribution is -2.30. The number of methoxy groups -OCH3 is 1. The molecule has 27 heavy (non-hydrogen) atoms. The first-order chi connectivity index (χ1) is 13.0. The minimum absolute atomic E-state index is 0.159. The number of hydrogen-bond acceptors (Lipinski definition) is 5. The van der Waals surface area contributed by atoms with Crippen molar-refractivity contribution < 1.29 is 17.9 Å². The van der Waals surface area contributed by atoms with Gasteiger partial charge in [0.1, 0.15) is 17.7 Å². The smallest absolute Gasteiger partial charge is 0.259 e. The number of hydrogen-bond donors (Lipinski definition) is 0. The topological polar surface area (TPSA) is 87.5 Å². The molecule has 0 atom stereocenters. The molecule has 2 aromatic carbocycles. The van der Waals surface area contributed by atoms with E-state index in [0.717, 1.165) is 24.8 Å². The average Bonchev–Trinajstić information content (AvgIpc) is 2.90. The van der Waals surface area contributed by atoms with Gasteiger partial charge in [-0.2, -0.15) is 5.26 Å². The van der Waals surface area contributed by atoms with Gasteiger partial charge in [-0.25, -0.2) is 8.42 Å². The van der Waals surface area contributed by atoms with Crippen LogP contribution in [0.1, 0.15) is 46.7 Å². The Balaban J connectivity index is 1.80. The number of anilines is 1. The molecular weight excluding hydrogens is 364 g/mol. The summed E-state index contributed by atoms with van der Waals surface area (Å²) in [5.74, 6) is -0.0523. The fourth-order valence-corrected chi connectivity index (χ4v) is 5.20. The van der Waals surface area contributed by atoms with Gasteiger partial charge in [0.15, 0.2) is 9.84 Å². The van der Waals surface area contributed by atoms with Crippen molar-refractivity contribution in [1.29, 1.82) is 5.26 Å². The van der Waals surface area contributed by atoms with E-state index in [-0.39, 0.29) is 10.8 Å². The third-order valence-electron chi connectivity index (χ3n) is 5.27. The Morgan fingerprint density at radius 1 is 1.26 bits per heavy atom. The van der Waals surface area contributed by atoms with E-state index in [0.29, 0.717) is 22.6 Å². The summed E-state index contributed by atoms with van der Waals surface area (Å²) in [6.07, 6.45) is 3.07. The van der Waals surface area contributed by atoms with Crippen LogP contribution < -0.4 is 9.64 Å². The Bertz CT molecular complexity index is 1080. The van der Waals surface area contributed by atoms with E-state index in [9.17, 15) is 18.5 Å². The van der Waals surface area contributed by atoms with Crippen LogP contribution in [0.2, 0.25) is 0 Å². The fourth-order valence-electron chi connectivity index (χ4n) is 3.68. The van der Waals surface area contributed by atoms with Crippen molar-refractivity contribution in [3.05, 3.63) is 53.1 Å². The summed E-state index contributed by atoms with van der Waals surface area (Å²) in [5.41, 5.74) is 1.82. The molecule has 0 radical (unpaired) electrons. The van der Waals surface area contributed by atoms with Crippen LogP contribution in [0, 0.1) is 11.3 Å². The van der Waals surface area contributed by atoms with Gasteiger partial charge in [-0.05, 0) is 48.6 Å². The van der Waals surface area contributed by atoms with Crippen molar-refractivity contribution in [1.82, 2.24) is 0 Å². The van der Waals surface area contributed by atoms with Crippen LogP contribution in [0.15, 0.2) is 41.3 Å². The summed E-state index contributed by atoms with van der Waals surface area (Å²) in [6, 6.07) is 11.8.